The number of para-hydroxylation sites is 2. The molecule has 0 spiro atoms. The number of rotatable bonds is 5. The van der Waals surface area contributed by atoms with Crippen LogP contribution in [0.5, 0.6) is 17.2 Å². The zero-order valence-electron chi connectivity index (χ0n) is 15.4. The van der Waals surface area contributed by atoms with Crippen molar-refractivity contribution in [3.8, 4) is 17.2 Å². The van der Waals surface area contributed by atoms with Gasteiger partial charge in [0.2, 0.25) is 0 Å². The van der Waals surface area contributed by atoms with Crippen LogP contribution in [-0.2, 0) is 6.54 Å². The molecule has 156 valence electrons. The Bertz CT molecular complexity index is 1030. The van der Waals surface area contributed by atoms with E-state index in [4.69, 9.17) is 9.47 Å². The quantitative estimate of drug-likeness (QED) is 0.680. The molecule has 1 unspecified atom stereocenters. The van der Waals surface area contributed by atoms with Gasteiger partial charge in [-0.25, -0.2) is 0 Å². The summed E-state index contributed by atoms with van der Waals surface area (Å²) >= 11 is 0. The first kappa shape index (κ1) is 19.6. The number of aromatic nitrogens is 2. The summed E-state index contributed by atoms with van der Waals surface area (Å²) in [5.41, 5.74) is 0.616. The van der Waals surface area contributed by atoms with Gasteiger partial charge in [0.1, 0.15) is 12.4 Å². The van der Waals surface area contributed by atoms with Crippen molar-refractivity contribution in [1.82, 2.24) is 9.78 Å². The molecular weight excluding hydrogens is 403 g/mol. The summed E-state index contributed by atoms with van der Waals surface area (Å²) in [4.78, 5) is 12.3. The van der Waals surface area contributed by atoms with Crippen LogP contribution in [0.2, 0.25) is 0 Å². The fraction of sp³-hybridized carbons (Fsp3) is 0.200. The number of anilines is 1. The van der Waals surface area contributed by atoms with Crippen LogP contribution in [0.25, 0.3) is 0 Å². The number of halogens is 3. The molecule has 0 radical (unpaired) electrons. The maximum absolute atomic E-state index is 12.3. The number of ether oxygens (including phenoxy) is 3. The molecule has 10 heteroatoms. The van der Waals surface area contributed by atoms with Crippen LogP contribution in [-0.4, -0.2) is 34.8 Å². The van der Waals surface area contributed by atoms with E-state index in [1.165, 1.54) is 18.3 Å². The summed E-state index contributed by atoms with van der Waals surface area (Å²) in [6.45, 7) is 0.776. The van der Waals surface area contributed by atoms with Crippen molar-refractivity contribution in [2.45, 2.75) is 19.0 Å². The van der Waals surface area contributed by atoms with E-state index in [0.29, 0.717) is 30.3 Å². The fourth-order valence-electron chi connectivity index (χ4n) is 2.90. The summed E-state index contributed by atoms with van der Waals surface area (Å²) in [6, 6.07) is 12.0. The Morgan fingerprint density at radius 1 is 1.17 bits per heavy atom. The minimum atomic E-state index is -4.78. The maximum Gasteiger partial charge on any atom is 0.573 e. The van der Waals surface area contributed by atoms with E-state index >= 15 is 0 Å². The number of carbonyl (C=O) groups is 1. The first-order valence-corrected chi connectivity index (χ1v) is 8.94. The number of nitrogens with zero attached hydrogens (tertiary/aromatic N) is 2. The lowest BCUT2D eigenvalue weighted by atomic mass is 10.2. The van der Waals surface area contributed by atoms with Crippen molar-refractivity contribution in [2.75, 3.05) is 11.9 Å². The highest BCUT2D eigenvalue weighted by atomic mass is 19.4. The van der Waals surface area contributed by atoms with Crippen LogP contribution >= 0.6 is 0 Å². The minimum absolute atomic E-state index is 0.179. The van der Waals surface area contributed by atoms with Crippen LogP contribution in [0.4, 0.5) is 18.9 Å². The predicted molar refractivity (Wildman–Crippen MR) is 99.7 cm³/mol. The van der Waals surface area contributed by atoms with E-state index in [-0.39, 0.29) is 11.7 Å². The number of carbonyl (C=O) groups excluding carboxylic acids is 1. The van der Waals surface area contributed by atoms with Crippen LogP contribution in [0.3, 0.4) is 0 Å². The molecule has 1 aliphatic rings. The van der Waals surface area contributed by atoms with Gasteiger partial charge in [-0.3, -0.25) is 9.48 Å². The standard InChI is InChI=1S/C20H16F3N3O4/c21-20(22,23)30-15-7-5-13(6-8-15)19(27)25-14-9-24-26(10-14)11-16-12-28-17-3-1-2-4-18(17)29-16/h1-10,16H,11-12H2,(H,25,27). The molecule has 4 rings (SSSR count). The SMILES string of the molecule is O=C(Nc1cnn(CC2COc3ccccc3O2)c1)c1ccc(OC(F)(F)F)cc1. The highest BCUT2D eigenvalue weighted by Crippen LogP contribution is 2.31. The second kappa shape index (κ2) is 7.97. The zero-order chi connectivity index (χ0) is 21.1. The lowest BCUT2D eigenvalue weighted by Crippen LogP contribution is -2.33. The van der Waals surface area contributed by atoms with E-state index in [9.17, 15) is 18.0 Å². The van der Waals surface area contributed by atoms with E-state index < -0.39 is 18.0 Å². The summed E-state index contributed by atoms with van der Waals surface area (Å²) in [7, 11) is 0. The number of benzene rings is 2. The minimum Gasteiger partial charge on any atom is -0.486 e. The molecule has 2 heterocycles. The Balaban J connectivity index is 1.34. The van der Waals surface area contributed by atoms with Crippen molar-refractivity contribution >= 4 is 11.6 Å². The molecule has 0 saturated carbocycles. The average Bonchev–Trinajstić information content (AvgIpc) is 3.14. The molecule has 0 bridgehead atoms. The normalized spacial score (nSPS) is 15.5. The molecule has 1 N–H and O–H groups in total. The summed E-state index contributed by atoms with van der Waals surface area (Å²) in [5, 5.41) is 6.83. The lowest BCUT2D eigenvalue weighted by molar-refractivity contribution is -0.274. The molecule has 0 aliphatic carbocycles. The van der Waals surface area contributed by atoms with Crippen molar-refractivity contribution in [1.29, 1.82) is 0 Å². The van der Waals surface area contributed by atoms with Crippen LogP contribution < -0.4 is 19.5 Å². The topological polar surface area (TPSA) is 74.6 Å². The van der Waals surface area contributed by atoms with Gasteiger partial charge in [0.15, 0.2) is 17.6 Å². The van der Waals surface area contributed by atoms with Gasteiger partial charge in [-0.05, 0) is 36.4 Å². The van der Waals surface area contributed by atoms with E-state index in [1.807, 2.05) is 24.3 Å². The largest absolute Gasteiger partial charge is 0.573 e. The molecule has 1 atom stereocenters. The fourth-order valence-corrected chi connectivity index (χ4v) is 2.90. The van der Waals surface area contributed by atoms with Crippen molar-refractivity contribution in [2.24, 2.45) is 0 Å². The molecule has 1 aliphatic heterocycles. The maximum atomic E-state index is 12.3. The molecule has 1 aromatic heterocycles. The Labute approximate surface area is 169 Å². The first-order valence-electron chi connectivity index (χ1n) is 8.94. The van der Waals surface area contributed by atoms with Crippen molar-refractivity contribution in [3.05, 3.63) is 66.5 Å². The number of hydrogen-bond acceptors (Lipinski definition) is 5. The molecule has 30 heavy (non-hydrogen) atoms. The summed E-state index contributed by atoms with van der Waals surface area (Å²) in [6.07, 6.45) is -1.93. The van der Waals surface area contributed by atoms with Crippen molar-refractivity contribution in [3.63, 3.8) is 0 Å². The second-order valence-corrected chi connectivity index (χ2v) is 6.47. The van der Waals surface area contributed by atoms with Crippen LogP contribution in [0.15, 0.2) is 60.9 Å². The number of alkyl halides is 3. The molecule has 3 aromatic rings. The van der Waals surface area contributed by atoms with Gasteiger partial charge < -0.3 is 19.5 Å². The third-order valence-corrected chi connectivity index (χ3v) is 4.20. The molecule has 7 nitrogen and oxygen atoms in total. The third-order valence-electron chi connectivity index (χ3n) is 4.20. The third kappa shape index (κ3) is 4.83. The smallest absolute Gasteiger partial charge is 0.486 e. The second-order valence-electron chi connectivity index (χ2n) is 6.47. The number of hydrogen-bond donors (Lipinski definition) is 1. The van der Waals surface area contributed by atoms with Crippen LogP contribution in [0, 0.1) is 0 Å². The molecule has 0 fully saturated rings. The van der Waals surface area contributed by atoms with Crippen LogP contribution in [0.1, 0.15) is 10.4 Å². The van der Waals surface area contributed by atoms with Crippen molar-refractivity contribution < 1.29 is 32.2 Å². The van der Waals surface area contributed by atoms with E-state index in [2.05, 4.69) is 15.2 Å². The Morgan fingerprint density at radius 2 is 1.90 bits per heavy atom. The number of fused-ring (bicyclic) bond motifs is 1. The monoisotopic (exact) mass is 419 g/mol. The number of nitrogens with one attached hydrogen (secondary N) is 1. The van der Waals surface area contributed by atoms with E-state index in [0.717, 1.165) is 12.1 Å². The molecule has 0 saturated heterocycles. The van der Waals surface area contributed by atoms with Gasteiger partial charge >= 0.3 is 6.36 Å². The van der Waals surface area contributed by atoms with Gasteiger partial charge in [0.05, 0.1) is 18.4 Å². The van der Waals surface area contributed by atoms with Gasteiger partial charge in [-0.1, -0.05) is 12.1 Å². The van der Waals surface area contributed by atoms with Gasteiger partial charge in [0.25, 0.3) is 5.91 Å². The highest BCUT2D eigenvalue weighted by Gasteiger charge is 2.31. The molecule has 1 amide bonds. The Hall–Kier alpha value is -3.69. The Morgan fingerprint density at radius 3 is 2.63 bits per heavy atom. The van der Waals surface area contributed by atoms with Gasteiger partial charge in [-0.15, -0.1) is 13.2 Å². The van der Waals surface area contributed by atoms with Gasteiger partial charge in [0, 0.05) is 11.8 Å². The summed E-state index contributed by atoms with van der Waals surface area (Å²) in [5.74, 6) is 0.462. The summed E-state index contributed by atoms with van der Waals surface area (Å²) < 4.78 is 53.5. The van der Waals surface area contributed by atoms with E-state index in [1.54, 1.807) is 10.9 Å². The zero-order valence-corrected chi connectivity index (χ0v) is 15.4. The highest BCUT2D eigenvalue weighted by molar-refractivity contribution is 6.04. The predicted octanol–water partition coefficient (Wildman–Crippen LogP) is 3.87. The molecular formula is C20H16F3N3O4. The van der Waals surface area contributed by atoms with Gasteiger partial charge in [-0.2, -0.15) is 5.10 Å². The number of amides is 1. The Kier molecular flexibility index (Phi) is 5.21. The average molecular weight is 419 g/mol. The first-order chi connectivity index (χ1) is 14.4. The lowest BCUT2D eigenvalue weighted by Gasteiger charge is -2.26. The molecule has 2 aromatic carbocycles.